The van der Waals surface area contributed by atoms with Gasteiger partial charge in [-0.05, 0) is 71.3 Å². The molecule has 1 spiro atoms. The zero-order valence-electron chi connectivity index (χ0n) is 18.9. The molecule has 0 aromatic carbocycles. The Bertz CT molecular complexity index is 732. The largest absolute Gasteiger partial charge is 0.329 e. The summed E-state index contributed by atoms with van der Waals surface area (Å²) >= 11 is 6.30. The van der Waals surface area contributed by atoms with E-state index in [-0.39, 0.29) is 41.9 Å². The van der Waals surface area contributed by atoms with E-state index < -0.39 is 5.54 Å². The van der Waals surface area contributed by atoms with Gasteiger partial charge in [-0.2, -0.15) is 5.26 Å². The minimum atomic E-state index is -0.779. The minimum Gasteiger partial charge on any atom is -0.329 e. The van der Waals surface area contributed by atoms with Crippen LogP contribution in [0.3, 0.4) is 0 Å². The smallest absolute Gasteiger partial charge is 0.250 e. The molecule has 3 heterocycles. The molecule has 172 valence electrons. The zero-order valence-corrected chi connectivity index (χ0v) is 19.6. The molecule has 3 saturated heterocycles. The number of nitrogens with zero attached hydrogens (tertiary/aromatic N) is 4. The second-order valence-corrected chi connectivity index (χ2v) is 10.8. The Morgan fingerprint density at radius 1 is 1.23 bits per heavy atom. The molecule has 0 aromatic rings. The van der Waals surface area contributed by atoms with Crippen LogP contribution in [0.2, 0.25) is 0 Å². The highest BCUT2D eigenvalue weighted by atomic mass is 35.5. The maximum absolute atomic E-state index is 13.8. The summed E-state index contributed by atoms with van der Waals surface area (Å²) in [6.45, 7) is 6.97. The second-order valence-electron chi connectivity index (χ2n) is 10.2. The average Bonchev–Trinajstić information content (AvgIpc) is 3.21. The fourth-order valence-corrected chi connectivity index (χ4v) is 6.21. The SMILES string of the molecule is CC(C)N1CC(=O)N(CC2CCC(Cl)CC2)C2(CCN(C3CC(C#N)CCN3)C2)C1=O. The van der Waals surface area contributed by atoms with E-state index in [1.54, 1.807) is 4.90 Å². The number of amides is 2. The molecule has 3 aliphatic heterocycles. The van der Waals surface area contributed by atoms with Crippen LogP contribution in [-0.4, -0.2) is 82.4 Å². The number of hydrogen-bond donors (Lipinski definition) is 1. The molecule has 4 rings (SSSR count). The van der Waals surface area contributed by atoms with Crippen LogP contribution in [0.5, 0.6) is 0 Å². The quantitative estimate of drug-likeness (QED) is 0.665. The maximum atomic E-state index is 13.8. The van der Waals surface area contributed by atoms with Gasteiger partial charge in [-0.3, -0.25) is 14.5 Å². The van der Waals surface area contributed by atoms with Crippen molar-refractivity contribution in [2.24, 2.45) is 11.8 Å². The van der Waals surface area contributed by atoms with E-state index >= 15 is 0 Å². The van der Waals surface area contributed by atoms with E-state index in [1.807, 2.05) is 18.7 Å². The third-order valence-electron chi connectivity index (χ3n) is 7.90. The predicted molar refractivity (Wildman–Crippen MR) is 119 cm³/mol. The number of nitrogens with one attached hydrogen (secondary N) is 1. The first-order chi connectivity index (χ1) is 14.8. The van der Waals surface area contributed by atoms with E-state index in [1.165, 1.54) is 0 Å². The summed E-state index contributed by atoms with van der Waals surface area (Å²) in [6, 6.07) is 2.42. The topological polar surface area (TPSA) is 79.7 Å². The summed E-state index contributed by atoms with van der Waals surface area (Å²) in [4.78, 5) is 33.2. The lowest BCUT2D eigenvalue weighted by atomic mass is 9.84. The summed E-state index contributed by atoms with van der Waals surface area (Å²) < 4.78 is 0. The number of carbonyl (C=O) groups excluding carboxylic acids is 2. The summed E-state index contributed by atoms with van der Waals surface area (Å²) in [5.41, 5.74) is -0.779. The van der Waals surface area contributed by atoms with Gasteiger partial charge in [-0.1, -0.05) is 0 Å². The van der Waals surface area contributed by atoms with Crippen molar-refractivity contribution in [2.45, 2.75) is 81.9 Å². The molecule has 4 fully saturated rings. The van der Waals surface area contributed by atoms with Gasteiger partial charge in [-0.25, -0.2) is 0 Å². The molecule has 1 aliphatic carbocycles. The first-order valence-electron chi connectivity index (χ1n) is 12.0. The molecular formula is C23H36ClN5O2. The number of rotatable bonds is 4. The lowest BCUT2D eigenvalue weighted by molar-refractivity contribution is -0.167. The Hall–Kier alpha value is -1.36. The summed E-state index contributed by atoms with van der Waals surface area (Å²) in [5.74, 6) is 0.650. The molecule has 3 unspecified atom stereocenters. The van der Waals surface area contributed by atoms with Crippen LogP contribution in [0.1, 0.15) is 58.8 Å². The number of likely N-dealkylation sites (tertiary alicyclic amines) is 1. The number of carbonyl (C=O) groups is 2. The van der Waals surface area contributed by atoms with Gasteiger partial charge in [0.2, 0.25) is 5.91 Å². The van der Waals surface area contributed by atoms with Gasteiger partial charge in [0.25, 0.3) is 5.91 Å². The number of alkyl halides is 1. The Balaban J connectivity index is 1.56. The Kier molecular flexibility index (Phi) is 6.81. The number of piperazine rings is 1. The van der Waals surface area contributed by atoms with Crippen molar-refractivity contribution in [1.29, 1.82) is 5.26 Å². The summed E-state index contributed by atoms with van der Waals surface area (Å²) in [5, 5.41) is 13.2. The molecule has 0 bridgehead atoms. The molecular weight excluding hydrogens is 414 g/mol. The number of hydrogen-bond acceptors (Lipinski definition) is 5. The van der Waals surface area contributed by atoms with Crippen molar-refractivity contribution >= 4 is 23.4 Å². The molecule has 1 N–H and O–H groups in total. The van der Waals surface area contributed by atoms with Crippen molar-refractivity contribution in [3.05, 3.63) is 0 Å². The lowest BCUT2D eigenvalue weighted by Gasteiger charge is -2.50. The zero-order chi connectivity index (χ0) is 22.2. The Labute approximate surface area is 191 Å². The fourth-order valence-electron chi connectivity index (χ4n) is 5.95. The first-order valence-corrected chi connectivity index (χ1v) is 12.4. The van der Waals surface area contributed by atoms with Gasteiger partial charge in [-0.15, -0.1) is 11.6 Å². The van der Waals surface area contributed by atoms with E-state index in [4.69, 9.17) is 11.6 Å². The van der Waals surface area contributed by atoms with E-state index in [2.05, 4.69) is 16.3 Å². The minimum absolute atomic E-state index is 0.00647. The number of nitriles is 1. The van der Waals surface area contributed by atoms with Gasteiger partial charge in [0, 0.05) is 31.1 Å². The van der Waals surface area contributed by atoms with Gasteiger partial charge in [0.15, 0.2) is 0 Å². The van der Waals surface area contributed by atoms with Gasteiger partial charge >= 0.3 is 0 Å². The molecule has 1 saturated carbocycles. The molecule has 2 amide bonds. The lowest BCUT2D eigenvalue weighted by Crippen LogP contribution is -2.71. The van der Waals surface area contributed by atoms with Crippen LogP contribution in [0, 0.1) is 23.2 Å². The van der Waals surface area contributed by atoms with Crippen LogP contribution < -0.4 is 5.32 Å². The van der Waals surface area contributed by atoms with Crippen molar-refractivity contribution in [3.63, 3.8) is 0 Å². The fraction of sp³-hybridized carbons (Fsp3) is 0.870. The predicted octanol–water partition coefficient (Wildman–Crippen LogP) is 2.16. The van der Waals surface area contributed by atoms with Crippen LogP contribution in [0.15, 0.2) is 0 Å². The monoisotopic (exact) mass is 449 g/mol. The van der Waals surface area contributed by atoms with Crippen molar-refractivity contribution < 1.29 is 9.59 Å². The second kappa shape index (κ2) is 9.25. The van der Waals surface area contributed by atoms with Gasteiger partial charge in [0.05, 0.1) is 18.2 Å². The third kappa shape index (κ3) is 4.44. The highest BCUT2D eigenvalue weighted by Gasteiger charge is 2.57. The summed E-state index contributed by atoms with van der Waals surface area (Å²) in [7, 11) is 0. The van der Waals surface area contributed by atoms with Crippen LogP contribution in [0.25, 0.3) is 0 Å². The third-order valence-corrected chi connectivity index (χ3v) is 8.34. The molecule has 3 atom stereocenters. The van der Waals surface area contributed by atoms with Crippen LogP contribution in [-0.2, 0) is 9.59 Å². The Morgan fingerprint density at radius 3 is 2.65 bits per heavy atom. The van der Waals surface area contributed by atoms with Crippen molar-refractivity contribution in [1.82, 2.24) is 20.0 Å². The van der Waals surface area contributed by atoms with Crippen molar-refractivity contribution in [3.8, 4) is 6.07 Å². The molecule has 4 aliphatic rings. The maximum Gasteiger partial charge on any atom is 0.250 e. The number of halogens is 1. The standard InChI is InChI=1S/C23H36ClN5O2/c1-16(2)28-14-21(30)29(13-17-3-5-19(24)6-4-17)23(22(28)31)8-10-27(15-23)20-11-18(12-25)7-9-26-20/h16-20,26H,3-11,13-15H2,1-2H3. The highest BCUT2D eigenvalue weighted by Crippen LogP contribution is 2.38. The van der Waals surface area contributed by atoms with Crippen LogP contribution >= 0.6 is 11.6 Å². The van der Waals surface area contributed by atoms with Gasteiger partial charge < -0.3 is 15.1 Å². The molecule has 7 nitrogen and oxygen atoms in total. The average molecular weight is 450 g/mol. The summed E-state index contributed by atoms with van der Waals surface area (Å²) in [6.07, 6.45) is 6.44. The number of piperidine rings is 1. The van der Waals surface area contributed by atoms with Crippen molar-refractivity contribution in [2.75, 3.05) is 32.7 Å². The Morgan fingerprint density at radius 2 is 1.97 bits per heavy atom. The normalized spacial score (nSPS) is 37.6. The van der Waals surface area contributed by atoms with E-state index in [9.17, 15) is 14.9 Å². The molecule has 31 heavy (non-hydrogen) atoms. The van der Waals surface area contributed by atoms with Crippen LogP contribution in [0.4, 0.5) is 0 Å². The molecule has 0 radical (unpaired) electrons. The van der Waals surface area contributed by atoms with E-state index in [0.717, 1.165) is 51.6 Å². The van der Waals surface area contributed by atoms with Gasteiger partial charge in [0.1, 0.15) is 12.1 Å². The highest BCUT2D eigenvalue weighted by molar-refractivity contribution is 6.20. The first kappa shape index (κ1) is 22.8. The molecule has 8 heteroatoms. The van der Waals surface area contributed by atoms with E-state index in [0.29, 0.717) is 25.4 Å². The molecule has 0 aromatic heterocycles.